The van der Waals surface area contributed by atoms with E-state index in [2.05, 4.69) is 0 Å². The third kappa shape index (κ3) is 7.73. The number of hydrogen-bond acceptors (Lipinski definition) is 10. The largest absolute Gasteiger partial charge is 0.203 e. The molecule has 0 N–H and O–H groups in total. The standard InChI is InChI=1S/C56H6F16N10/c57-41-25(13-79)42(58)50(66)37(49(41)65)35(38-51(67)43(59)26(14-80)44(60)52(38)68)33-29(17-1-3-19(7-73)21(5-17)9-75)23(11-77)31-32(33)24(12-78)30(18-2-4-20(8-74)22(6-18)10-76)34(31)36(39-53(69)45(61)27(15-81)46(62)54(39)70)40-55(71)47(63)28(16-82)48(64)56(40)72/h1-6H. The topological polar surface area (TPSA) is 238 Å². The molecule has 2 aliphatic rings. The molecule has 0 radical (unpaired) electrons. The van der Waals surface area contributed by atoms with Crippen molar-refractivity contribution in [3.05, 3.63) is 241 Å². The van der Waals surface area contributed by atoms with Crippen molar-refractivity contribution in [1.29, 1.82) is 52.6 Å². The second-order valence-electron chi connectivity index (χ2n) is 16.4. The second-order valence-corrected chi connectivity index (χ2v) is 16.4. The van der Waals surface area contributed by atoms with Gasteiger partial charge in [0.2, 0.25) is 0 Å². The lowest BCUT2D eigenvalue weighted by Crippen LogP contribution is -2.14. The van der Waals surface area contributed by atoms with Crippen molar-refractivity contribution in [1.82, 2.24) is 0 Å². The maximum Gasteiger partial charge on any atom is 0.180 e. The maximum absolute atomic E-state index is 17.0. The minimum absolute atomic E-state index is 0.487. The molecule has 0 heterocycles. The number of nitriles is 10. The van der Waals surface area contributed by atoms with Gasteiger partial charge < -0.3 is 0 Å². The van der Waals surface area contributed by atoms with Gasteiger partial charge in [0.05, 0.1) is 55.7 Å². The number of allylic oxidation sites excluding steroid dienone is 8. The van der Waals surface area contributed by atoms with Crippen LogP contribution in [0.25, 0.3) is 22.3 Å². The fourth-order valence-electron chi connectivity index (χ4n) is 9.13. The molecule has 6 aromatic carbocycles. The number of nitrogens with zero attached hydrogens (tertiary/aromatic N) is 10. The molecule has 82 heavy (non-hydrogen) atoms. The zero-order chi connectivity index (χ0) is 60.4. The first-order valence-corrected chi connectivity index (χ1v) is 21.5. The molecule has 0 spiro atoms. The predicted octanol–water partition coefficient (Wildman–Crippen LogP) is 12.5. The molecule has 0 bridgehead atoms. The SMILES string of the molecule is N#CC1=C(c2ccc(C#N)c(C#N)c2)C(=C(c2c(F)c(F)c(C#N)c(F)c2F)c2c(F)c(F)c(C#N)c(F)c2F)C2=C1C(=C(c1c(F)c(F)c(C#N)c(F)c1F)c1c(F)c(F)c(C#N)c(F)c1F)C(c1ccc(C#N)c(C#N)c1)=C2C#N. The molecule has 0 aromatic heterocycles. The Kier molecular flexibility index (Phi) is 14.1. The molecule has 0 fully saturated rings. The third-order valence-corrected chi connectivity index (χ3v) is 12.6. The quantitative estimate of drug-likeness (QED) is 0.113. The van der Waals surface area contributed by atoms with Crippen LogP contribution in [0, 0.1) is 206 Å². The Balaban J connectivity index is 1.90. The fraction of sp³-hybridized carbons (Fsp3) is 0. The summed E-state index contributed by atoms with van der Waals surface area (Å²) in [6.07, 6.45) is 0. The zero-order valence-electron chi connectivity index (χ0n) is 39.0. The molecule has 6 aromatic rings. The van der Waals surface area contributed by atoms with Crippen LogP contribution in [0.1, 0.15) is 77.9 Å². The summed E-state index contributed by atoms with van der Waals surface area (Å²) in [6, 6.07) is 14.9. The Morgan fingerprint density at radius 1 is 0.244 bits per heavy atom. The Hall–Kier alpha value is -12.2. The minimum Gasteiger partial charge on any atom is -0.203 e. The molecule has 2 aliphatic carbocycles. The Morgan fingerprint density at radius 3 is 0.646 bits per heavy atom. The van der Waals surface area contributed by atoms with E-state index in [0.717, 1.165) is 0 Å². The van der Waals surface area contributed by atoms with Crippen LogP contribution >= 0.6 is 0 Å². The molecule has 0 unspecified atom stereocenters. The van der Waals surface area contributed by atoms with E-state index in [1.54, 1.807) is 0 Å². The summed E-state index contributed by atoms with van der Waals surface area (Å²) >= 11 is 0. The number of halogens is 16. The lowest BCUT2D eigenvalue weighted by atomic mass is 9.79. The highest BCUT2D eigenvalue weighted by molar-refractivity contribution is 6.17. The Labute approximate surface area is 445 Å². The average Bonchev–Trinajstić information content (AvgIpc) is 2.31. The van der Waals surface area contributed by atoms with Gasteiger partial charge in [-0.25, -0.2) is 70.2 Å². The van der Waals surface area contributed by atoms with Crippen LogP contribution in [0.2, 0.25) is 0 Å². The maximum atomic E-state index is 17.0. The summed E-state index contributed by atoms with van der Waals surface area (Å²) in [6.45, 7) is 0. The van der Waals surface area contributed by atoms with Crippen LogP contribution in [0.15, 0.2) is 69.8 Å². The van der Waals surface area contributed by atoms with Gasteiger partial charge in [-0.3, -0.25) is 0 Å². The second kappa shape index (κ2) is 20.6. The van der Waals surface area contributed by atoms with Crippen LogP contribution < -0.4 is 0 Å². The first kappa shape index (κ1) is 56.0. The van der Waals surface area contributed by atoms with E-state index in [4.69, 9.17) is 0 Å². The van der Waals surface area contributed by atoms with Crippen molar-refractivity contribution >= 4 is 22.3 Å². The molecule has 8 rings (SSSR count). The monoisotopic (exact) mass is 1120 g/mol. The highest BCUT2D eigenvalue weighted by Crippen LogP contribution is 2.62. The number of benzene rings is 6. The number of hydrogen-bond donors (Lipinski definition) is 0. The number of rotatable bonds is 6. The van der Waals surface area contributed by atoms with Gasteiger partial charge in [-0.05, 0) is 35.4 Å². The van der Waals surface area contributed by atoms with E-state index in [1.807, 2.05) is 0 Å². The van der Waals surface area contributed by atoms with Gasteiger partial charge in [0.25, 0.3) is 0 Å². The molecule has 0 saturated heterocycles. The van der Waals surface area contributed by atoms with Crippen LogP contribution in [0.4, 0.5) is 70.2 Å². The molecule has 0 amide bonds. The normalized spacial score (nSPS) is 12.3. The molecule has 0 atom stereocenters. The molecule has 0 saturated carbocycles. The molecule has 26 heteroatoms. The van der Waals surface area contributed by atoms with Gasteiger partial charge in [-0.15, -0.1) is 0 Å². The molecular formula is C56H6F16N10. The lowest BCUT2D eigenvalue weighted by Gasteiger charge is -2.23. The summed E-state index contributed by atoms with van der Waals surface area (Å²) in [7, 11) is 0. The van der Waals surface area contributed by atoms with E-state index in [9.17, 15) is 52.6 Å². The predicted molar refractivity (Wildman–Crippen MR) is 240 cm³/mol. The van der Waals surface area contributed by atoms with Crippen LogP contribution in [0.5, 0.6) is 0 Å². The Bertz CT molecular complexity index is 4180. The Morgan fingerprint density at radius 2 is 0.463 bits per heavy atom. The molecule has 10 nitrogen and oxygen atoms in total. The summed E-state index contributed by atoms with van der Waals surface area (Å²) in [4.78, 5) is 0. The van der Waals surface area contributed by atoms with Gasteiger partial charge >= 0.3 is 0 Å². The zero-order valence-corrected chi connectivity index (χ0v) is 39.0. The van der Waals surface area contributed by atoms with Gasteiger partial charge in [0.15, 0.2) is 93.1 Å². The first-order chi connectivity index (χ1) is 39.0. The minimum atomic E-state index is -2.98. The summed E-state index contributed by atoms with van der Waals surface area (Å²) in [5.74, 6) is -46.3. The van der Waals surface area contributed by atoms with Crippen molar-refractivity contribution in [3.8, 4) is 60.7 Å². The van der Waals surface area contributed by atoms with E-state index < -0.39 is 227 Å². The van der Waals surface area contributed by atoms with Gasteiger partial charge in [-0.2, -0.15) is 52.6 Å². The van der Waals surface area contributed by atoms with Crippen molar-refractivity contribution in [2.75, 3.05) is 0 Å². The van der Waals surface area contributed by atoms with E-state index in [0.29, 0.717) is 60.7 Å². The van der Waals surface area contributed by atoms with E-state index in [1.165, 1.54) is 36.4 Å². The van der Waals surface area contributed by atoms with Gasteiger partial charge in [-0.1, -0.05) is 12.1 Å². The van der Waals surface area contributed by atoms with Gasteiger partial charge in [0.1, 0.15) is 82.9 Å². The third-order valence-electron chi connectivity index (χ3n) is 12.6. The van der Waals surface area contributed by atoms with Crippen molar-refractivity contribution in [3.63, 3.8) is 0 Å². The average molecular weight is 1120 g/mol. The molecule has 392 valence electrons. The molecular weight excluding hydrogens is 1120 g/mol. The smallest absolute Gasteiger partial charge is 0.180 e. The van der Waals surface area contributed by atoms with Crippen molar-refractivity contribution in [2.45, 2.75) is 0 Å². The van der Waals surface area contributed by atoms with Gasteiger partial charge in [0, 0.05) is 44.6 Å². The van der Waals surface area contributed by atoms with E-state index in [-0.39, 0.29) is 0 Å². The highest BCUT2D eigenvalue weighted by Gasteiger charge is 2.49. The van der Waals surface area contributed by atoms with Crippen molar-refractivity contribution in [2.24, 2.45) is 0 Å². The summed E-state index contributed by atoms with van der Waals surface area (Å²) in [5, 5.41) is 101. The fourth-order valence-corrected chi connectivity index (χ4v) is 9.13. The summed E-state index contributed by atoms with van der Waals surface area (Å²) in [5.41, 5.74) is -42.3. The molecule has 0 aliphatic heterocycles. The van der Waals surface area contributed by atoms with Crippen molar-refractivity contribution < 1.29 is 70.2 Å². The highest BCUT2D eigenvalue weighted by atomic mass is 19.2. The summed E-state index contributed by atoms with van der Waals surface area (Å²) < 4.78 is 265. The van der Waals surface area contributed by atoms with Crippen LogP contribution in [0.3, 0.4) is 0 Å². The van der Waals surface area contributed by atoms with E-state index >= 15 is 70.2 Å². The lowest BCUT2D eigenvalue weighted by molar-refractivity contribution is 0.440. The first-order valence-electron chi connectivity index (χ1n) is 21.5. The van der Waals surface area contributed by atoms with Crippen LogP contribution in [-0.2, 0) is 0 Å². The van der Waals surface area contributed by atoms with Crippen LogP contribution in [-0.4, -0.2) is 0 Å².